The predicted octanol–water partition coefficient (Wildman–Crippen LogP) is 3.86. The molecule has 30 heavy (non-hydrogen) atoms. The van der Waals surface area contributed by atoms with Gasteiger partial charge in [-0.3, -0.25) is 9.59 Å². The Labute approximate surface area is 176 Å². The number of anilines is 1. The Morgan fingerprint density at radius 3 is 2.27 bits per heavy atom. The van der Waals surface area contributed by atoms with E-state index < -0.39 is 0 Å². The fraction of sp³-hybridized carbons (Fsp3) is 0.333. The van der Waals surface area contributed by atoms with Gasteiger partial charge in [-0.2, -0.15) is 0 Å². The second-order valence-corrected chi connectivity index (χ2v) is 7.35. The van der Waals surface area contributed by atoms with Crippen molar-refractivity contribution in [2.24, 2.45) is 0 Å². The standard InChI is InChI=1S/C24H26N2O4/c1-3-30-18-13-11-17(12-14-18)21-22(25-15-7-4-8-16-25)24(28)26(23(21)27)19-9-5-6-10-20(19)29-2/h5-6,9-14H,3-4,7-8,15-16H2,1-2H3. The average molecular weight is 406 g/mol. The van der Waals surface area contributed by atoms with Gasteiger partial charge in [0.15, 0.2) is 0 Å². The second-order valence-electron chi connectivity index (χ2n) is 7.35. The molecule has 2 amide bonds. The van der Waals surface area contributed by atoms with Crippen LogP contribution in [0.2, 0.25) is 0 Å². The van der Waals surface area contributed by atoms with Gasteiger partial charge in [0.2, 0.25) is 0 Å². The number of imide groups is 1. The van der Waals surface area contributed by atoms with E-state index in [1.165, 1.54) is 12.0 Å². The molecule has 0 atom stereocenters. The molecule has 4 rings (SSSR count). The summed E-state index contributed by atoms with van der Waals surface area (Å²) in [5.41, 5.74) is 2.10. The van der Waals surface area contributed by atoms with Gasteiger partial charge in [0.1, 0.15) is 17.2 Å². The van der Waals surface area contributed by atoms with E-state index in [-0.39, 0.29) is 11.8 Å². The fourth-order valence-corrected chi connectivity index (χ4v) is 4.11. The number of hydrogen-bond acceptors (Lipinski definition) is 5. The molecule has 6 nitrogen and oxygen atoms in total. The van der Waals surface area contributed by atoms with E-state index in [2.05, 4.69) is 4.90 Å². The highest BCUT2D eigenvalue weighted by atomic mass is 16.5. The van der Waals surface area contributed by atoms with Crippen LogP contribution < -0.4 is 14.4 Å². The molecule has 2 aliphatic rings. The summed E-state index contributed by atoms with van der Waals surface area (Å²) in [6, 6.07) is 14.5. The number of amides is 2. The molecule has 0 aromatic heterocycles. The van der Waals surface area contributed by atoms with Crippen molar-refractivity contribution < 1.29 is 19.1 Å². The Balaban J connectivity index is 1.80. The molecular weight excluding hydrogens is 380 g/mol. The normalized spacial score (nSPS) is 17.0. The van der Waals surface area contributed by atoms with E-state index >= 15 is 0 Å². The summed E-state index contributed by atoms with van der Waals surface area (Å²) in [6.07, 6.45) is 3.16. The molecule has 0 bridgehead atoms. The van der Waals surface area contributed by atoms with Crippen molar-refractivity contribution in [1.29, 1.82) is 0 Å². The Morgan fingerprint density at radius 2 is 1.60 bits per heavy atom. The number of carbonyl (C=O) groups excluding carboxylic acids is 2. The Kier molecular flexibility index (Phi) is 5.74. The molecule has 2 aromatic carbocycles. The summed E-state index contributed by atoms with van der Waals surface area (Å²) < 4.78 is 11.0. The monoisotopic (exact) mass is 406 g/mol. The number of nitrogens with zero attached hydrogens (tertiary/aromatic N) is 2. The van der Waals surface area contributed by atoms with Crippen LogP contribution in [0.25, 0.3) is 5.57 Å². The van der Waals surface area contributed by atoms with E-state index in [1.807, 2.05) is 37.3 Å². The van der Waals surface area contributed by atoms with Gasteiger partial charge in [0, 0.05) is 13.1 Å². The van der Waals surface area contributed by atoms with Crippen LogP contribution >= 0.6 is 0 Å². The number of ether oxygens (including phenoxy) is 2. The van der Waals surface area contributed by atoms with Crippen molar-refractivity contribution in [3.05, 3.63) is 59.8 Å². The zero-order valence-electron chi connectivity index (χ0n) is 17.4. The maximum absolute atomic E-state index is 13.6. The summed E-state index contributed by atoms with van der Waals surface area (Å²) >= 11 is 0. The maximum Gasteiger partial charge on any atom is 0.282 e. The third-order valence-corrected chi connectivity index (χ3v) is 5.51. The van der Waals surface area contributed by atoms with E-state index in [1.54, 1.807) is 18.2 Å². The number of carbonyl (C=O) groups is 2. The second kappa shape index (κ2) is 8.61. The van der Waals surface area contributed by atoms with Crippen molar-refractivity contribution in [1.82, 2.24) is 4.90 Å². The highest BCUT2D eigenvalue weighted by Crippen LogP contribution is 2.39. The minimum Gasteiger partial charge on any atom is -0.495 e. The quantitative estimate of drug-likeness (QED) is 0.682. The lowest BCUT2D eigenvalue weighted by Crippen LogP contribution is -2.37. The van der Waals surface area contributed by atoms with E-state index in [0.29, 0.717) is 29.3 Å². The first kappa shape index (κ1) is 20.0. The first-order valence-electron chi connectivity index (χ1n) is 10.4. The SMILES string of the molecule is CCOc1ccc(C2=C(N3CCCCC3)C(=O)N(c3ccccc3OC)C2=O)cc1. The number of likely N-dealkylation sites (tertiary alicyclic amines) is 1. The first-order valence-corrected chi connectivity index (χ1v) is 10.4. The van der Waals surface area contributed by atoms with Crippen molar-refractivity contribution in [2.45, 2.75) is 26.2 Å². The van der Waals surface area contributed by atoms with Crippen LogP contribution in [0, 0.1) is 0 Å². The van der Waals surface area contributed by atoms with Crippen molar-refractivity contribution in [3.8, 4) is 11.5 Å². The van der Waals surface area contributed by atoms with Crippen molar-refractivity contribution in [3.63, 3.8) is 0 Å². The van der Waals surface area contributed by atoms with Gasteiger partial charge in [0.05, 0.1) is 25.0 Å². The highest BCUT2D eigenvalue weighted by molar-refractivity contribution is 6.45. The largest absolute Gasteiger partial charge is 0.495 e. The van der Waals surface area contributed by atoms with Gasteiger partial charge in [0.25, 0.3) is 11.8 Å². The minimum absolute atomic E-state index is 0.296. The van der Waals surface area contributed by atoms with Gasteiger partial charge in [-0.25, -0.2) is 4.90 Å². The van der Waals surface area contributed by atoms with Crippen LogP contribution in [0.4, 0.5) is 5.69 Å². The van der Waals surface area contributed by atoms with Crippen LogP contribution in [0.5, 0.6) is 11.5 Å². The average Bonchev–Trinajstić information content (AvgIpc) is 3.05. The van der Waals surface area contributed by atoms with Crippen molar-refractivity contribution >= 4 is 23.1 Å². The van der Waals surface area contributed by atoms with Gasteiger partial charge >= 0.3 is 0 Å². The lowest BCUT2D eigenvalue weighted by Gasteiger charge is -2.29. The molecule has 6 heteroatoms. The predicted molar refractivity (Wildman–Crippen MR) is 115 cm³/mol. The van der Waals surface area contributed by atoms with E-state index in [9.17, 15) is 9.59 Å². The van der Waals surface area contributed by atoms with Gasteiger partial charge < -0.3 is 14.4 Å². The number of para-hydroxylation sites is 2. The fourth-order valence-electron chi connectivity index (χ4n) is 4.11. The van der Waals surface area contributed by atoms with E-state index in [4.69, 9.17) is 9.47 Å². The smallest absolute Gasteiger partial charge is 0.282 e. The molecule has 2 aromatic rings. The molecule has 1 fully saturated rings. The highest BCUT2D eigenvalue weighted by Gasteiger charge is 2.43. The van der Waals surface area contributed by atoms with Crippen LogP contribution in [-0.2, 0) is 9.59 Å². The number of benzene rings is 2. The number of piperidine rings is 1. The minimum atomic E-state index is -0.325. The van der Waals surface area contributed by atoms with Gasteiger partial charge in [-0.05, 0) is 56.0 Å². The zero-order valence-corrected chi connectivity index (χ0v) is 17.4. The lowest BCUT2D eigenvalue weighted by molar-refractivity contribution is -0.120. The molecule has 156 valence electrons. The van der Waals surface area contributed by atoms with E-state index in [0.717, 1.165) is 43.7 Å². The molecule has 1 saturated heterocycles. The lowest BCUT2D eigenvalue weighted by atomic mass is 10.0. The summed E-state index contributed by atoms with van der Waals surface area (Å²) in [5.74, 6) is 0.606. The first-order chi connectivity index (χ1) is 14.7. The van der Waals surface area contributed by atoms with Crippen molar-refractivity contribution in [2.75, 3.05) is 31.7 Å². The van der Waals surface area contributed by atoms with Crippen LogP contribution in [-0.4, -0.2) is 43.5 Å². The number of hydrogen-bond donors (Lipinski definition) is 0. The topological polar surface area (TPSA) is 59.1 Å². The molecule has 2 heterocycles. The summed E-state index contributed by atoms with van der Waals surface area (Å²) in [7, 11) is 1.54. The third kappa shape index (κ3) is 3.54. The molecule has 0 N–H and O–H groups in total. The van der Waals surface area contributed by atoms with Crippen LogP contribution in [0.15, 0.2) is 54.2 Å². The van der Waals surface area contributed by atoms with Gasteiger partial charge in [-0.15, -0.1) is 0 Å². The molecular formula is C24H26N2O4. The molecule has 0 aliphatic carbocycles. The third-order valence-electron chi connectivity index (χ3n) is 5.51. The van der Waals surface area contributed by atoms with Crippen LogP contribution in [0.1, 0.15) is 31.7 Å². The number of methoxy groups -OCH3 is 1. The van der Waals surface area contributed by atoms with Crippen LogP contribution in [0.3, 0.4) is 0 Å². The zero-order chi connectivity index (χ0) is 21.1. The summed E-state index contributed by atoms with van der Waals surface area (Å²) in [6.45, 7) is 4.04. The Bertz CT molecular complexity index is 975. The van der Waals surface area contributed by atoms with Gasteiger partial charge in [-0.1, -0.05) is 24.3 Å². The molecule has 0 spiro atoms. The molecule has 0 unspecified atom stereocenters. The molecule has 0 saturated carbocycles. The Hall–Kier alpha value is -3.28. The molecule has 0 radical (unpaired) electrons. The summed E-state index contributed by atoms with van der Waals surface area (Å²) in [5, 5.41) is 0. The Morgan fingerprint density at radius 1 is 0.900 bits per heavy atom. The maximum atomic E-state index is 13.6. The number of rotatable bonds is 6. The molecule has 2 aliphatic heterocycles. The summed E-state index contributed by atoms with van der Waals surface area (Å²) in [4.78, 5) is 30.4.